The number of anilines is 1. The highest BCUT2D eigenvalue weighted by Crippen LogP contribution is 2.33. The summed E-state index contributed by atoms with van der Waals surface area (Å²) in [5, 5.41) is 8.40. The van der Waals surface area contributed by atoms with Gasteiger partial charge in [0.2, 0.25) is 0 Å². The molecule has 0 aliphatic carbocycles. The number of aromatic nitrogens is 3. The minimum atomic E-state index is 0.590. The van der Waals surface area contributed by atoms with E-state index in [1.54, 1.807) is 6.33 Å². The molecule has 2 fully saturated rings. The van der Waals surface area contributed by atoms with Crippen molar-refractivity contribution in [2.75, 3.05) is 31.1 Å². The molecule has 1 N–H and O–H groups in total. The number of fused-ring (bicyclic) bond motifs is 2. The first-order valence-corrected chi connectivity index (χ1v) is 6.35. The van der Waals surface area contributed by atoms with Gasteiger partial charge < -0.3 is 14.7 Å². The Balaban J connectivity index is 1.77. The molecule has 0 aromatic carbocycles. The van der Waals surface area contributed by atoms with E-state index in [0.29, 0.717) is 5.71 Å². The molecule has 18 heavy (non-hydrogen) atoms. The van der Waals surface area contributed by atoms with E-state index < -0.39 is 0 Å². The van der Waals surface area contributed by atoms with Crippen LogP contribution in [0.4, 0.5) is 5.82 Å². The number of hydrogen-bond acceptors (Lipinski definition) is 6. The van der Waals surface area contributed by atoms with Gasteiger partial charge >= 0.3 is 0 Å². The monoisotopic (exact) mass is 245 g/mol. The van der Waals surface area contributed by atoms with Gasteiger partial charge in [0.1, 0.15) is 17.5 Å². The minimum absolute atomic E-state index is 0.590. The molecule has 0 spiro atoms. The number of hydrogen-bond donors (Lipinski definition) is 1. The highest BCUT2D eigenvalue weighted by molar-refractivity contribution is 5.87. The summed E-state index contributed by atoms with van der Waals surface area (Å²) in [6.45, 7) is 6.32. The fourth-order valence-corrected chi connectivity index (χ4v) is 3.17. The molecule has 6 heteroatoms. The molecular formula is C12H15N5O. The Kier molecular flexibility index (Phi) is 2.08. The van der Waals surface area contributed by atoms with E-state index in [-0.39, 0.29) is 0 Å². The first-order chi connectivity index (χ1) is 8.83. The fourth-order valence-electron chi connectivity index (χ4n) is 3.17. The van der Waals surface area contributed by atoms with Crippen molar-refractivity contribution in [2.45, 2.75) is 6.92 Å². The van der Waals surface area contributed by atoms with Gasteiger partial charge in [-0.15, -0.1) is 0 Å². The van der Waals surface area contributed by atoms with Crippen molar-refractivity contribution in [1.29, 1.82) is 0 Å². The van der Waals surface area contributed by atoms with Crippen LogP contribution in [-0.2, 0) is 0 Å². The third kappa shape index (κ3) is 1.35. The van der Waals surface area contributed by atoms with Gasteiger partial charge in [0.05, 0.1) is 5.69 Å². The van der Waals surface area contributed by atoms with Crippen LogP contribution in [0.25, 0.3) is 11.1 Å². The Morgan fingerprint density at radius 3 is 2.83 bits per heavy atom. The number of aryl methyl sites for hydroxylation is 1. The second-order valence-corrected chi connectivity index (χ2v) is 5.23. The normalized spacial score (nSPS) is 27.1. The van der Waals surface area contributed by atoms with Gasteiger partial charge in [0.25, 0.3) is 5.71 Å². The molecule has 0 radical (unpaired) electrons. The predicted octanol–water partition coefficient (Wildman–Crippen LogP) is 0.582. The van der Waals surface area contributed by atoms with Gasteiger partial charge in [0.15, 0.2) is 0 Å². The minimum Gasteiger partial charge on any atom is -0.355 e. The van der Waals surface area contributed by atoms with E-state index in [1.165, 1.54) is 0 Å². The number of nitrogens with zero attached hydrogens (tertiary/aromatic N) is 4. The van der Waals surface area contributed by atoms with E-state index in [0.717, 1.165) is 54.9 Å². The van der Waals surface area contributed by atoms with Gasteiger partial charge in [-0.05, 0) is 18.8 Å². The molecule has 4 heterocycles. The molecule has 2 atom stereocenters. The van der Waals surface area contributed by atoms with Crippen LogP contribution in [0.1, 0.15) is 5.69 Å². The lowest BCUT2D eigenvalue weighted by molar-refractivity contribution is 0.442. The smallest absolute Gasteiger partial charge is 0.263 e. The lowest BCUT2D eigenvalue weighted by Gasteiger charge is -2.18. The van der Waals surface area contributed by atoms with Crippen LogP contribution >= 0.6 is 0 Å². The van der Waals surface area contributed by atoms with Crippen LogP contribution in [0.5, 0.6) is 0 Å². The number of nitrogens with one attached hydrogen (secondary N) is 1. The van der Waals surface area contributed by atoms with Crippen molar-refractivity contribution in [3.63, 3.8) is 0 Å². The third-order valence-corrected chi connectivity index (χ3v) is 4.11. The van der Waals surface area contributed by atoms with Crippen LogP contribution in [0.15, 0.2) is 10.9 Å². The quantitative estimate of drug-likeness (QED) is 0.792. The van der Waals surface area contributed by atoms with Gasteiger partial charge in [-0.2, -0.15) is 4.98 Å². The Morgan fingerprint density at radius 2 is 2.06 bits per heavy atom. The summed E-state index contributed by atoms with van der Waals surface area (Å²) in [5.74, 6) is 2.47. The summed E-state index contributed by atoms with van der Waals surface area (Å²) in [4.78, 5) is 10.9. The second-order valence-electron chi connectivity index (χ2n) is 5.23. The first-order valence-electron chi connectivity index (χ1n) is 6.35. The molecule has 6 nitrogen and oxygen atoms in total. The highest BCUT2D eigenvalue weighted by atomic mass is 16.5. The lowest BCUT2D eigenvalue weighted by Crippen LogP contribution is -2.26. The third-order valence-electron chi connectivity index (χ3n) is 4.11. The molecule has 2 aliphatic heterocycles. The topological polar surface area (TPSA) is 67.1 Å². The van der Waals surface area contributed by atoms with Crippen LogP contribution < -0.4 is 10.2 Å². The molecule has 4 rings (SSSR count). The highest BCUT2D eigenvalue weighted by Gasteiger charge is 2.37. The summed E-state index contributed by atoms with van der Waals surface area (Å²) < 4.78 is 5.20. The van der Waals surface area contributed by atoms with Gasteiger partial charge in [-0.3, -0.25) is 0 Å². The predicted molar refractivity (Wildman–Crippen MR) is 66.4 cm³/mol. The van der Waals surface area contributed by atoms with E-state index >= 15 is 0 Å². The van der Waals surface area contributed by atoms with Gasteiger partial charge in [-0.25, -0.2) is 4.98 Å². The zero-order valence-electron chi connectivity index (χ0n) is 10.3. The van der Waals surface area contributed by atoms with E-state index in [1.807, 2.05) is 6.92 Å². The Hall–Kier alpha value is -1.69. The molecule has 2 aliphatic rings. The molecule has 0 bridgehead atoms. The molecule has 94 valence electrons. The van der Waals surface area contributed by atoms with Crippen LogP contribution in [0, 0.1) is 18.8 Å². The summed E-state index contributed by atoms with van der Waals surface area (Å²) in [6, 6.07) is 0. The zero-order valence-corrected chi connectivity index (χ0v) is 10.3. The largest absolute Gasteiger partial charge is 0.355 e. The van der Waals surface area contributed by atoms with Crippen molar-refractivity contribution in [1.82, 2.24) is 20.4 Å². The Bertz CT molecular complexity index is 583. The molecule has 2 saturated heterocycles. The SMILES string of the molecule is Cc1noc2ncnc(N3C[C@H]4CNC[C@H]4C3)c12. The van der Waals surface area contributed by atoms with Crippen LogP contribution in [0.3, 0.4) is 0 Å². The van der Waals surface area contributed by atoms with E-state index in [4.69, 9.17) is 4.52 Å². The van der Waals surface area contributed by atoms with E-state index in [2.05, 4.69) is 25.3 Å². The molecule has 0 unspecified atom stereocenters. The summed E-state index contributed by atoms with van der Waals surface area (Å²) in [7, 11) is 0. The molecular weight excluding hydrogens is 230 g/mol. The summed E-state index contributed by atoms with van der Waals surface area (Å²) in [5.41, 5.74) is 1.46. The van der Waals surface area contributed by atoms with Crippen molar-refractivity contribution in [2.24, 2.45) is 11.8 Å². The van der Waals surface area contributed by atoms with E-state index in [9.17, 15) is 0 Å². The van der Waals surface area contributed by atoms with Gasteiger partial charge in [-0.1, -0.05) is 5.16 Å². The Morgan fingerprint density at radius 1 is 1.28 bits per heavy atom. The van der Waals surface area contributed by atoms with Crippen molar-refractivity contribution < 1.29 is 4.52 Å². The molecule has 0 amide bonds. The molecule has 2 aromatic rings. The zero-order chi connectivity index (χ0) is 12.1. The lowest BCUT2D eigenvalue weighted by atomic mass is 10.0. The van der Waals surface area contributed by atoms with Crippen molar-refractivity contribution in [3.05, 3.63) is 12.0 Å². The number of rotatable bonds is 1. The maximum Gasteiger partial charge on any atom is 0.263 e. The van der Waals surface area contributed by atoms with Crippen molar-refractivity contribution in [3.8, 4) is 0 Å². The first kappa shape index (κ1) is 10.3. The molecule has 0 saturated carbocycles. The van der Waals surface area contributed by atoms with Crippen molar-refractivity contribution >= 4 is 16.9 Å². The summed E-state index contributed by atoms with van der Waals surface area (Å²) in [6.07, 6.45) is 1.56. The standard InChI is InChI=1S/C12H15N5O/c1-7-10-11(14-6-15-12(10)18-16-7)17-4-8-2-13-3-9(8)5-17/h6,8-9,13H,2-5H2,1H3/t8-,9+. The second kappa shape index (κ2) is 3.65. The van der Waals surface area contributed by atoms with Crippen LogP contribution in [0.2, 0.25) is 0 Å². The Labute approximate surface area is 104 Å². The fraction of sp³-hybridized carbons (Fsp3) is 0.583. The van der Waals surface area contributed by atoms with Gasteiger partial charge in [0, 0.05) is 26.2 Å². The maximum atomic E-state index is 5.20. The van der Waals surface area contributed by atoms with Crippen LogP contribution in [-0.4, -0.2) is 41.3 Å². The maximum absolute atomic E-state index is 5.20. The average molecular weight is 245 g/mol. The summed E-state index contributed by atoms with van der Waals surface area (Å²) >= 11 is 0. The average Bonchev–Trinajstić information content (AvgIpc) is 3.03. The molecule has 2 aromatic heterocycles.